The third-order valence-corrected chi connectivity index (χ3v) is 4.49. The summed E-state index contributed by atoms with van der Waals surface area (Å²) < 4.78 is 0. The first kappa shape index (κ1) is 17.9. The molecule has 0 aliphatic carbocycles. The van der Waals surface area contributed by atoms with Crippen LogP contribution in [0, 0.1) is 0 Å². The molecule has 0 bridgehead atoms. The Hall–Kier alpha value is -2.86. The van der Waals surface area contributed by atoms with Crippen LogP contribution in [0.3, 0.4) is 0 Å². The molecular weight excluding hydrogens is 312 g/mol. The SMILES string of the molecule is CC/C(=C(\c1ccccc1)c1ccc(C=C(C)C)cc1)c1ccccc1. The molecule has 0 nitrogen and oxygen atoms in total. The molecule has 0 aromatic heterocycles. The Morgan fingerprint density at radius 1 is 0.654 bits per heavy atom. The van der Waals surface area contributed by atoms with Crippen LogP contribution >= 0.6 is 0 Å². The highest BCUT2D eigenvalue weighted by Gasteiger charge is 2.12. The highest BCUT2D eigenvalue weighted by molar-refractivity contribution is 5.98. The van der Waals surface area contributed by atoms with Gasteiger partial charge in [0.2, 0.25) is 0 Å². The first-order valence-corrected chi connectivity index (χ1v) is 9.28. The fraction of sp³-hybridized carbons (Fsp3) is 0.154. The summed E-state index contributed by atoms with van der Waals surface area (Å²) in [4.78, 5) is 0. The maximum atomic E-state index is 2.25. The van der Waals surface area contributed by atoms with Crippen molar-refractivity contribution in [3.63, 3.8) is 0 Å². The van der Waals surface area contributed by atoms with E-state index in [2.05, 4.69) is 112 Å². The van der Waals surface area contributed by atoms with Crippen molar-refractivity contribution in [2.75, 3.05) is 0 Å². The third kappa shape index (κ3) is 4.21. The highest BCUT2D eigenvalue weighted by Crippen LogP contribution is 2.34. The van der Waals surface area contributed by atoms with Crippen LogP contribution in [-0.4, -0.2) is 0 Å². The number of hydrogen-bond acceptors (Lipinski definition) is 0. The molecule has 0 heteroatoms. The van der Waals surface area contributed by atoms with E-state index in [0.29, 0.717) is 0 Å². The molecule has 0 radical (unpaired) electrons. The van der Waals surface area contributed by atoms with E-state index in [4.69, 9.17) is 0 Å². The number of rotatable bonds is 5. The van der Waals surface area contributed by atoms with Crippen molar-refractivity contribution in [1.29, 1.82) is 0 Å². The Morgan fingerprint density at radius 3 is 1.65 bits per heavy atom. The van der Waals surface area contributed by atoms with E-state index >= 15 is 0 Å². The van der Waals surface area contributed by atoms with E-state index in [-0.39, 0.29) is 0 Å². The normalized spacial score (nSPS) is 11.7. The summed E-state index contributed by atoms with van der Waals surface area (Å²) in [5.41, 5.74) is 9.09. The van der Waals surface area contributed by atoms with Gasteiger partial charge in [-0.05, 0) is 53.7 Å². The second-order valence-corrected chi connectivity index (χ2v) is 6.78. The van der Waals surface area contributed by atoms with Crippen LogP contribution in [0.2, 0.25) is 0 Å². The van der Waals surface area contributed by atoms with Crippen molar-refractivity contribution in [3.8, 4) is 0 Å². The standard InChI is InChI=1S/C26H26/c1-4-25(22-11-7-5-8-12-22)26(23-13-9-6-10-14-23)24-17-15-21(16-18-24)19-20(2)3/h5-19H,4H2,1-3H3/b26-25-. The van der Waals surface area contributed by atoms with E-state index < -0.39 is 0 Å². The Kier molecular flexibility index (Phi) is 5.86. The summed E-state index contributed by atoms with van der Waals surface area (Å²) in [5, 5.41) is 0. The van der Waals surface area contributed by atoms with Crippen molar-refractivity contribution < 1.29 is 0 Å². The van der Waals surface area contributed by atoms with Gasteiger partial charge in [-0.2, -0.15) is 0 Å². The molecular formula is C26H26. The van der Waals surface area contributed by atoms with Crippen LogP contribution in [0.4, 0.5) is 0 Å². The van der Waals surface area contributed by atoms with Crippen molar-refractivity contribution in [2.24, 2.45) is 0 Å². The first-order valence-electron chi connectivity index (χ1n) is 9.28. The molecule has 0 fully saturated rings. The molecule has 3 aromatic carbocycles. The predicted octanol–water partition coefficient (Wildman–Crippen LogP) is 7.48. The van der Waals surface area contributed by atoms with Crippen molar-refractivity contribution >= 4 is 17.2 Å². The van der Waals surface area contributed by atoms with Crippen LogP contribution in [-0.2, 0) is 0 Å². The van der Waals surface area contributed by atoms with E-state index in [0.717, 1.165) is 6.42 Å². The van der Waals surface area contributed by atoms with E-state index in [1.165, 1.54) is 39.0 Å². The molecule has 0 heterocycles. The summed E-state index contributed by atoms with van der Waals surface area (Å²) in [7, 11) is 0. The lowest BCUT2D eigenvalue weighted by atomic mass is 9.88. The van der Waals surface area contributed by atoms with E-state index in [1.807, 2.05) is 0 Å². The molecule has 3 aromatic rings. The lowest BCUT2D eigenvalue weighted by molar-refractivity contribution is 1.24. The fourth-order valence-corrected chi connectivity index (χ4v) is 3.36. The average molecular weight is 338 g/mol. The lowest BCUT2D eigenvalue weighted by Crippen LogP contribution is -1.95. The Balaban J connectivity index is 2.19. The monoisotopic (exact) mass is 338 g/mol. The summed E-state index contributed by atoms with van der Waals surface area (Å²) in [6.45, 7) is 6.50. The van der Waals surface area contributed by atoms with Gasteiger partial charge in [0.05, 0.1) is 0 Å². The van der Waals surface area contributed by atoms with Gasteiger partial charge in [0.15, 0.2) is 0 Å². The molecule has 26 heavy (non-hydrogen) atoms. The van der Waals surface area contributed by atoms with Crippen LogP contribution in [0.25, 0.3) is 17.2 Å². The van der Waals surface area contributed by atoms with E-state index in [1.54, 1.807) is 0 Å². The summed E-state index contributed by atoms with van der Waals surface area (Å²) in [6, 6.07) is 30.4. The first-order chi connectivity index (χ1) is 12.7. The zero-order chi connectivity index (χ0) is 18.4. The van der Waals surface area contributed by atoms with Crippen LogP contribution in [0.5, 0.6) is 0 Å². The van der Waals surface area contributed by atoms with Crippen LogP contribution in [0.15, 0.2) is 90.5 Å². The topological polar surface area (TPSA) is 0 Å². The zero-order valence-electron chi connectivity index (χ0n) is 15.9. The van der Waals surface area contributed by atoms with Gasteiger partial charge in [-0.15, -0.1) is 0 Å². The van der Waals surface area contributed by atoms with Crippen molar-refractivity contribution in [3.05, 3.63) is 113 Å². The molecule has 0 atom stereocenters. The fourth-order valence-electron chi connectivity index (χ4n) is 3.36. The van der Waals surface area contributed by atoms with Crippen molar-refractivity contribution in [2.45, 2.75) is 27.2 Å². The molecule has 3 rings (SSSR count). The maximum Gasteiger partial charge on any atom is -0.00735 e. The summed E-state index contributed by atoms with van der Waals surface area (Å²) in [6.07, 6.45) is 3.21. The minimum atomic E-state index is 0.990. The second kappa shape index (κ2) is 8.49. The van der Waals surface area contributed by atoms with Gasteiger partial charge in [-0.1, -0.05) is 104 Å². The zero-order valence-corrected chi connectivity index (χ0v) is 15.9. The summed E-state index contributed by atoms with van der Waals surface area (Å²) in [5.74, 6) is 0. The molecule has 0 spiro atoms. The van der Waals surface area contributed by atoms with Crippen molar-refractivity contribution in [1.82, 2.24) is 0 Å². The summed E-state index contributed by atoms with van der Waals surface area (Å²) >= 11 is 0. The van der Waals surface area contributed by atoms with E-state index in [9.17, 15) is 0 Å². The van der Waals surface area contributed by atoms with Gasteiger partial charge in [0.25, 0.3) is 0 Å². The van der Waals surface area contributed by atoms with Gasteiger partial charge in [-0.25, -0.2) is 0 Å². The molecule has 0 N–H and O–H groups in total. The smallest absolute Gasteiger partial charge is 0.00735 e. The molecule has 0 saturated heterocycles. The lowest BCUT2D eigenvalue weighted by Gasteiger charge is -2.16. The minimum Gasteiger partial charge on any atom is -0.0758 e. The maximum absolute atomic E-state index is 2.25. The quantitative estimate of drug-likeness (QED) is 0.423. The molecule has 0 aliphatic heterocycles. The minimum absolute atomic E-state index is 0.990. The van der Waals surface area contributed by atoms with Gasteiger partial charge < -0.3 is 0 Å². The Labute approximate surface area is 157 Å². The van der Waals surface area contributed by atoms with Gasteiger partial charge in [-0.3, -0.25) is 0 Å². The molecule has 0 amide bonds. The van der Waals surface area contributed by atoms with Gasteiger partial charge >= 0.3 is 0 Å². The molecule has 0 aliphatic rings. The molecule has 0 saturated carbocycles. The second-order valence-electron chi connectivity index (χ2n) is 6.78. The Bertz CT molecular complexity index is 891. The van der Waals surface area contributed by atoms with Gasteiger partial charge in [0, 0.05) is 0 Å². The Morgan fingerprint density at radius 2 is 1.15 bits per heavy atom. The predicted molar refractivity (Wildman–Crippen MR) is 115 cm³/mol. The van der Waals surface area contributed by atoms with Gasteiger partial charge in [0.1, 0.15) is 0 Å². The number of hydrogen-bond donors (Lipinski definition) is 0. The average Bonchev–Trinajstić information content (AvgIpc) is 2.68. The highest BCUT2D eigenvalue weighted by atomic mass is 14.2. The number of benzene rings is 3. The van der Waals surface area contributed by atoms with Crippen LogP contribution in [0.1, 0.15) is 49.4 Å². The number of allylic oxidation sites excluding steroid dienone is 2. The van der Waals surface area contributed by atoms with Crippen LogP contribution < -0.4 is 0 Å². The largest absolute Gasteiger partial charge is 0.0758 e. The third-order valence-electron chi connectivity index (χ3n) is 4.49. The molecule has 0 unspecified atom stereocenters. The molecule has 130 valence electrons.